The molecule has 0 spiro atoms. The Morgan fingerprint density at radius 1 is 1.18 bits per heavy atom. The Kier molecular flexibility index (Phi) is 6.71. The Morgan fingerprint density at radius 3 is 2.53 bits per heavy atom. The second-order valence-electron chi connectivity index (χ2n) is 10.5. The minimum atomic E-state index is -1.05. The van der Waals surface area contributed by atoms with Crippen molar-refractivity contribution >= 4 is 11.8 Å². The number of benzene rings is 1. The summed E-state index contributed by atoms with van der Waals surface area (Å²) in [6.07, 6.45) is 8.05. The van der Waals surface area contributed by atoms with Gasteiger partial charge in [-0.15, -0.1) is 0 Å². The molecule has 0 amide bonds. The van der Waals surface area contributed by atoms with Gasteiger partial charge in [-0.3, -0.25) is 9.59 Å². The molecule has 1 aromatic rings. The summed E-state index contributed by atoms with van der Waals surface area (Å²) in [5, 5.41) is 0. The smallest absolute Gasteiger partial charge is 0.310 e. The highest BCUT2D eigenvalue weighted by Crippen LogP contribution is 2.48. The molecule has 2 heterocycles. The molecule has 2 bridgehead atoms. The molecule has 0 aromatic heterocycles. The van der Waals surface area contributed by atoms with Crippen LogP contribution in [0.25, 0.3) is 0 Å². The Balaban J connectivity index is 1.74. The molecule has 2 aliphatic heterocycles. The number of rotatable bonds is 5. The van der Waals surface area contributed by atoms with E-state index in [1.54, 1.807) is 13.2 Å². The lowest BCUT2D eigenvalue weighted by molar-refractivity contribution is -0.226. The number of hydrogen-bond acceptors (Lipinski definition) is 5. The predicted octanol–water partition coefficient (Wildman–Crippen LogP) is 5.21. The van der Waals surface area contributed by atoms with Crippen molar-refractivity contribution in [1.29, 1.82) is 0 Å². The fourth-order valence-electron chi connectivity index (χ4n) is 5.83. The van der Waals surface area contributed by atoms with E-state index in [-0.39, 0.29) is 41.8 Å². The van der Waals surface area contributed by atoms with Gasteiger partial charge in [0.25, 0.3) is 0 Å². The molecule has 5 nitrogen and oxygen atoms in total. The maximum atomic E-state index is 13.1. The first-order valence-electron chi connectivity index (χ1n) is 12.2. The summed E-state index contributed by atoms with van der Waals surface area (Å²) in [6.45, 7) is 10.1. The van der Waals surface area contributed by atoms with Crippen molar-refractivity contribution in [3.05, 3.63) is 71.3 Å². The molecule has 1 aliphatic carbocycles. The molecular formula is C29H36O5. The Morgan fingerprint density at radius 2 is 1.88 bits per heavy atom. The summed E-state index contributed by atoms with van der Waals surface area (Å²) in [6, 6.07) is 9.60. The van der Waals surface area contributed by atoms with E-state index in [0.29, 0.717) is 6.42 Å². The highest BCUT2D eigenvalue weighted by molar-refractivity contribution is 5.94. The van der Waals surface area contributed by atoms with Crippen LogP contribution in [0.15, 0.2) is 65.8 Å². The van der Waals surface area contributed by atoms with E-state index in [2.05, 4.69) is 19.9 Å². The van der Waals surface area contributed by atoms with Crippen molar-refractivity contribution in [3.8, 4) is 0 Å². The number of carbonyl (C=O) groups is 2. The quantitative estimate of drug-likeness (QED) is 0.442. The third kappa shape index (κ3) is 4.44. The van der Waals surface area contributed by atoms with E-state index in [1.807, 2.05) is 63.3 Å². The van der Waals surface area contributed by atoms with Crippen molar-refractivity contribution in [2.45, 2.75) is 65.0 Å². The first-order chi connectivity index (χ1) is 16.1. The Labute approximate surface area is 202 Å². The number of methoxy groups -OCH3 is 1. The van der Waals surface area contributed by atoms with Gasteiger partial charge in [0.2, 0.25) is 5.79 Å². The summed E-state index contributed by atoms with van der Waals surface area (Å²) < 4.78 is 18.6. The van der Waals surface area contributed by atoms with Crippen molar-refractivity contribution in [2.75, 3.05) is 7.11 Å². The standard InChI is InChI=1S/C29H36O5/c1-18(2)27-23-15-20(4)29(32-6)13-12-28(5,34-29)25(17-22(23)19(3)14-24(27)30)33-26(31)16-21-10-8-7-9-11-21/h7-15,18,22-23,25,27H,16-17H2,1-6H3. The number of hydrogen-bond donors (Lipinski definition) is 0. The van der Waals surface area contributed by atoms with E-state index < -0.39 is 17.5 Å². The molecule has 0 saturated heterocycles. The molecule has 0 saturated carbocycles. The van der Waals surface area contributed by atoms with E-state index in [9.17, 15) is 9.59 Å². The van der Waals surface area contributed by atoms with E-state index >= 15 is 0 Å². The SMILES string of the molecule is COC12C=CC(C)(O1)C(OC(=O)Cc1ccccc1)CC1C(C)=CC(=O)C(C(C)C)C1C=C2C. The van der Waals surface area contributed by atoms with Crippen LogP contribution in [0.1, 0.15) is 46.6 Å². The molecular weight excluding hydrogens is 428 g/mol. The zero-order valence-corrected chi connectivity index (χ0v) is 21.0. The molecule has 3 aliphatic rings. The topological polar surface area (TPSA) is 61.8 Å². The first kappa shape index (κ1) is 24.6. The Hall–Kier alpha value is -2.50. The minimum Gasteiger partial charge on any atom is -0.459 e. The molecule has 1 aromatic carbocycles. The number of allylic oxidation sites excluding steroid dienone is 3. The molecule has 0 fully saturated rings. The van der Waals surface area contributed by atoms with Crippen LogP contribution in [0.4, 0.5) is 0 Å². The number of carbonyl (C=O) groups excluding carboxylic acids is 2. The van der Waals surface area contributed by atoms with E-state index in [1.165, 1.54) is 0 Å². The van der Waals surface area contributed by atoms with Crippen LogP contribution in [0, 0.1) is 23.7 Å². The van der Waals surface area contributed by atoms with Gasteiger partial charge in [-0.1, -0.05) is 55.8 Å². The van der Waals surface area contributed by atoms with Crippen molar-refractivity contribution < 1.29 is 23.8 Å². The normalized spacial score (nSPS) is 35.1. The monoisotopic (exact) mass is 464 g/mol. The molecule has 0 radical (unpaired) electrons. The van der Waals surface area contributed by atoms with Crippen LogP contribution in [0.5, 0.6) is 0 Å². The summed E-state index contributed by atoms with van der Waals surface area (Å²) in [5.41, 5.74) is 1.98. The summed E-state index contributed by atoms with van der Waals surface area (Å²) in [7, 11) is 1.62. The molecule has 6 atom stereocenters. The van der Waals surface area contributed by atoms with Gasteiger partial charge >= 0.3 is 5.97 Å². The highest BCUT2D eigenvalue weighted by Gasteiger charge is 2.53. The minimum absolute atomic E-state index is 0.0280. The highest BCUT2D eigenvalue weighted by atomic mass is 16.7. The van der Waals surface area contributed by atoms with Gasteiger partial charge in [0.05, 0.1) is 6.42 Å². The maximum Gasteiger partial charge on any atom is 0.310 e. The van der Waals surface area contributed by atoms with Gasteiger partial charge in [0, 0.05) is 13.0 Å². The zero-order valence-electron chi connectivity index (χ0n) is 21.0. The molecule has 34 heavy (non-hydrogen) atoms. The molecule has 5 heteroatoms. The first-order valence-corrected chi connectivity index (χ1v) is 12.2. The van der Waals surface area contributed by atoms with Gasteiger partial charge in [0.1, 0.15) is 11.7 Å². The zero-order chi connectivity index (χ0) is 24.7. The molecule has 0 N–H and O–H groups in total. The van der Waals surface area contributed by atoms with Gasteiger partial charge in [-0.05, 0) is 74.3 Å². The molecule has 182 valence electrons. The summed E-state index contributed by atoms with van der Waals surface area (Å²) >= 11 is 0. The van der Waals surface area contributed by atoms with E-state index in [4.69, 9.17) is 14.2 Å². The van der Waals surface area contributed by atoms with Gasteiger partial charge in [-0.25, -0.2) is 0 Å². The van der Waals surface area contributed by atoms with E-state index in [0.717, 1.165) is 16.7 Å². The van der Waals surface area contributed by atoms with Crippen LogP contribution in [0.2, 0.25) is 0 Å². The number of fused-ring (bicyclic) bond motifs is 3. The molecule has 6 unspecified atom stereocenters. The van der Waals surface area contributed by atoms with Crippen LogP contribution in [0.3, 0.4) is 0 Å². The third-order valence-corrected chi connectivity index (χ3v) is 7.75. The van der Waals surface area contributed by atoms with Crippen molar-refractivity contribution in [3.63, 3.8) is 0 Å². The number of esters is 1. The average molecular weight is 465 g/mol. The summed E-state index contributed by atoms with van der Waals surface area (Å²) in [4.78, 5) is 26.1. The third-order valence-electron chi connectivity index (χ3n) is 7.75. The van der Waals surface area contributed by atoms with Crippen molar-refractivity contribution in [1.82, 2.24) is 0 Å². The number of ketones is 1. The second kappa shape index (κ2) is 9.27. The lowest BCUT2D eigenvalue weighted by atomic mass is 9.65. The predicted molar refractivity (Wildman–Crippen MR) is 131 cm³/mol. The number of ether oxygens (including phenoxy) is 3. The lowest BCUT2D eigenvalue weighted by Gasteiger charge is -2.40. The van der Waals surface area contributed by atoms with Crippen LogP contribution in [-0.4, -0.2) is 36.4 Å². The average Bonchev–Trinajstić information content (AvgIpc) is 3.15. The largest absolute Gasteiger partial charge is 0.459 e. The van der Waals surface area contributed by atoms with Crippen LogP contribution >= 0.6 is 0 Å². The fraction of sp³-hybridized carbons (Fsp3) is 0.517. The van der Waals surface area contributed by atoms with Crippen molar-refractivity contribution in [2.24, 2.45) is 23.7 Å². The van der Waals surface area contributed by atoms with Gasteiger partial charge in [-0.2, -0.15) is 0 Å². The molecule has 4 rings (SSSR count). The summed E-state index contributed by atoms with van der Waals surface area (Å²) in [5.74, 6) is -1.13. The van der Waals surface area contributed by atoms with Gasteiger partial charge in [0.15, 0.2) is 5.78 Å². The second-order valence-corrected chi connectivity index (χ2v) is 10.5. The van der Waals surface area contributed by atoms with Crippen LogP contribution < -0.4 is 0 Å². The Bertz CT molecular complexity index is 1040. The maximum absolute atomic E-state index is 13.1. The van der Waals surface area contributed by atoms with Crippen LogP contribution in [-0.2, 0) is 30.2 Å². The fourth-order valence-corrected chi connectivity index (χ4v) is 5.83. The van der Waals surface area contributed by atoms with Gasteiger partial charge < -0.3 is 14.2 Å². The lowest BCUT2D eigenvalue weighted by Crippen LogP contribution is -2.47.